The summed E-state index contributed by atoms with van der Waals surface area (Å²) in [7, 11) is 1.78. The third-order valence-electron chi connectivity index (χ3n) is 7.44. The minimum Gasteiger partial charge on any atom is -0.325 e. The van der Waals surface area contributed by atoms with Crippen LogP contribution in [0.15, 0.2) is 48.8 Å². The van der Waals surface area contributed by atoms with E-state index in [0.29, 0.717) is 27.9 Å². The predicted octanol–water partition coefficient (Wildman–Crippen LogP) is 4.04. The van der Waals surface area contributed by atoms with Gasteiger partial charge in [0.2, 0.25) is 5.91 Å². The van der Waals surface area contributed by atoms with Crippen LogP contribution in [0.1, 0.15) is 30.0 Å². The van der Waals surface area contributed by atoms with E-state index in [1.807, 2.05) is 12.3 Å². The van der Waals surface area contributed by atoms with Crippen LogP contribution in [-0.2, 0) is 35.1 Å². The first-order valence-electron chi connectivity index (χ1n) is 12.4. The molecule has 2 aliphatic rings. The number of nitrogens with one attached hydrogen (secondary N) is 1. The summed E-state index contributed by atoms with van der Waals surface area (Å²) < 4.78 is 69.6. The lowest BCUT2D eigenvalue weighted by Crippen LogP contribution is -2.51. The molecule has 2 heterocycles. The molecule has 40 heavy (non-hydrogen) atoms. The Morgan fingerprint density at radius 1 is 1.12 bits per heavy atom. The van der Waals surface area contributed by atoms with Crippen molar-refractivity contribution in [3.63, 3.8) is 0 Å². The second-order valence-corrected chi connectivity index (χ2v) is 9.99. The highest BCUT2D eigenvalue weighted by Crippen LogP contribution is 2.43. The van der Waals surface area contributed by atoms with Crippen LogP contribution >= 0.6 is 0 Å². The first-order valence-corrected chi connectivity index (χ1v) is 12.4. The normalized spacial score (nSPS) is 19.2. The van der Waals surface area contributed by atoms with Crippen molar-refractivity contribution in [2.45, 2.75) is 44.1 Å². The number of hydrogen-bond donors (Lipinski definition) is 1. The van der Waals surface area contributed by atoms with Crippen LogP contribution in [0, 0.1) is 11.6 Å². The van der Waals surface area contributed by atoms with Gasteiger partial charge in [-0.25, -0.2) is 13.6 Å². The highest BCUT2D eigenvalue weighted by molar-refractivity contribution is 6.10. The van der Waals surface area contributed by atoms with Crippen molar-refractivity contribution in [2.75, 3.05) is 6.54 Å². The van der Waals surface area contributed by atoms with Gasteiger partial charge in [0.15, 0.2) is 11.6 Å². The third kappa shape index (κ3) is 4.69. The van der Waals surface area contributed by atoms with E-state index in [2.05, 4.69) is 10.4 Å². The number of fused-ring (bicyclic) bond motifs is 2. The molecule has 1 aromatic heterocycles. The van der Waals surface area contributed by atoms with Crippen molar-refractivity contribution >= 4 is 17.8 Å². The summed E-state index contributed by atoms with van der Waals surface area (Å²) in [6.07, 6.45) is -0.675. The van der Waals surface area contributed by atoms with Gasteiger partial charge < -0.3 is 10.2 Å². The molecular weight excluding hydrogens is 537 g/mol. The van der Waals surface area contributed by atoms with E-state index in [4.69, 9.17) is 0 Å². The second kappa shape index (κ2) is 9.72. The lowest BCUT2D eigenvalue weighted by Gasteiger charge is -2.32. The van der Waals surface area contributed by atoms with Crippen molar-refractivity contribution in [2.24, 2.45) is 7.05 Å². The minimum absolute atomic E-state index is 0.0915. The van der Waals surface area contributed by atoms with Crippen molar-refractivity contribution in [1.82, 2.24) is 24.9 Å². The Labute approximate surface area is 225 Å². The molecule has 3 aromatic rings. The first-order chi connectivity index (χ1) is 18.8. The summed E-state index contributed by atoms with van der Waals surface area (Å²) in [4.78, 5) is 40.6. The topological polar surface area (TPSA) is 87.5 Å². The molecule has 2 atom stereocenters. The maximum atomic E-state index is 13.7. The van der Waals surface area contributed by atoms with Gasteiger partial charge in [0, 0.05) is 25.4 Å². The number of halogens is 5. The molecule has 1 unspecified atom stereocenters. The van der Waals surface area contributed by atoms with Crippen LogP contribution in [0.4, 0.5) is 26.7 Å². The quantitative estimate of drug-likeness (QED) is 0.364. The van der Waals surface area contributed by atoms with E-state index in [0.717, 1.165) is 35.7 Å². The average Bonchev–Trinajstić information content (AvgIpc) is 3.56. The molecule has 8 nitrogen and oxygen atoms in total. The molecule has 0 radical (unpaired) electrons. The van der Waals surface area contributed by atoms with Gasteiger partial charge >= 0.3 is 12.2 Å². The number of carbonyl (C=O) groups excluding carboxylic acids is 3. The molecule has 210 valence electrons. The summed E-state index contributed by atoms with van der Waals surface area (Å²) in [5, 5.41) is 6.80. The van der Waals surface area contributed by atoms with Crippen molar-refractivity contribution in [3.8, 4) is 11.1 Å². The number of imide groups is 1. The fourth-order valence-electron chi connectivity index (χ4n) is 5.22. The monoisotopic (exact) mass is 561 g/mol. The molecule has 4 amide bonds. The van der Waals surface area contributed by atoms with Crippen LogP contribution < -0.4 is 5.32 Å². The Bertz CT molecular complexity index is 1520. The molecule has 1 N–H and O–H groups in total. The zero-order valence-corrected chi connectivity index (χ0v) is 21.4. The number of carbonyl (C=O) groups is 3. The number of aryl methyl sites for hydroxylation is 2. The summed E-state index contributed by atoms with van der Waals surface area (Å²) >= 11 is 0. The average molecular weight is 562 g/mol. The Kier molecular flexibility index (Phi) is 6.63. The summed E-state index contributed by atoms with van der Waals surface area (Å²) in [6, 6.07) is 4.64. The summed E-state index contributed by atoms with van der Waals surface area (Å²) in [5.74, 6) is -4.40. The van der Waals surface area contributed by atoms with Crippen LogP contribution in [0.3, 0.4) is 0 Å². The van der Waals surface area contributed by atoms with Crippen LogP contribution in [-0.4, -0.2) is 56.2 Å². The molecule has 13 heteroatoms. The molecule has 0 bridgehead atoms. The molecular formula is C27H24F5N5O3. The lowest BCUT2D eigenvalue weighted by atomic mass is 9.90. The molecule has 5 rings (SSSR count). The minimum atomic E-state index is -4.86. The molecule has 1 saturated heterocycles. The number of alkyl halides is 3. The Hall–Kier alpha value is -4.29. The lowest BCUT2D eigenvalue weighted by molar-refractivity contribution is -0.187. The van der Waals surface area contributed by atoms with E-state index < -0.39 is 60.3 Å². The maximum absolute atomic E-state index is 13.7. The summed E-state index contributed by atoms with van der Waals surface area (Å²) in [6.45, 7) is -0.941. The zero-order chi connectivity index (χ0) is 29.0. The fraction of sp³-hybridized carbons (Fsp3) is 0.333. The maximum Gasteiger partial charge on any atom is 0.408 e. The van der Waals surface area contributed by atoms with E-state index >= 15 is 0 Å². The Morgan fingerprint density at radius 2 is 1.88 bits per heavy atom. The molecule has 2 aromatic carbocycles. The van der Waals surface area contributed by atoms with Gasteiger partial charge in [-0.05, 0) is 54.2 Å². The van der Waals surface area contributed by atoms with Crippen molar-refractivity contribution < 1.29 is 36.3 Å². The van der Waals surface area contributed by atoms with Crippen LogP contribution in [0.5, 0.6) is 0 Å². The number of aromatic nitrogens is 2. The molecule has 1 fully saturated rings. The van der Waals surface area contributed by atoms with E-state index in [9.17, 15) is 36.3 Å². The number of rotatable bonds is 6. The number of urea groups is 1. The fourth-order valence-corrected chi connectivity index (χ4v) is 5.22. The standard InChI is InChI=1S/C27H24F5N5O3/c1-15(27(30,31)32)36(12-16-3-6-21(28)22(29)9-16)23(38)14-37-24(39)26(34-25(37)40)8-7-18-10-17(4-5-20(18)26)19-11-33-35(2)13-19/h3-6,9-11,13,15H,7-8,12,14H2,1-2H3,(H,34,40)/t15?,26-/m0/s1. The van der Waals surface area contributed by atoms with Gasteiger partial charge in [0.05, 0.1) is 6.20 Å². The third-order valence-corrected chi connectivity index (χ3v) is 7.44. The number of amides is 4. The first kappa shape index (κ1) is 27.3. The predicted molar refractivity (Wildman–Crippen MR) is 131 cm³/mol. The van der Waals surface area contributed by atoms with Gasteiger partial charge in [0.25, 0.3) is 5.91 Å². The smallest absolute Gasteiger partial charge is 0.325 e. The van der Waals surface area contributed by atoms with Gasteiger partial charge in [0.1, 0.15) is 18.1 Å². The second-order valence-electron chi connectivity index (χ2n) is 9.99. The number of hydrogen-bond acceptors (Lipinski definition) is 4. The van der Waals surface area contributed by atoms with Gasteiger partial charge in [-0.1, -0.05) is 24.3 Å². The van der Waals surface area contributed by atoms with Gasteiger partial charge in [-0.2, -0.15) is 18.3 Å². The Balaban J connectivity index is 1.39. The summed E-state index contributed by atoms with van der Waals surface area (Å²) in [5.41, 5.74) is 1.55. The SMILES string of the molecule is CC(N(Cc1ccc(F)c(F)c1)C(=O)CN1C(=O)N[C@]2(CCc3cc(-c4cnn(C)c4)ccc32)C1=O)C(F)(F)F. The zero-order valence-electron chi connectivity index (χ0n) is 21.4. The highest BCUT2D eigenvalue weighted by Gasteiger charge is 2.56. The van der Waals surface area contributed by atoms with Crippen LogP contribution in [0.2, 0.25) is 0 Å². The van der Waals surface area contributed by atoms with E-state index in [1.165, 1.54) is 0 Å². The Morgan fingerprint density at radius 3 is 2.52 bits per heavy atom. The van der Waals surface area contributed by atoms with Crippen molar-refractivity contribution in [3.05, 3.63) is 77.1 Å². The molecule has 1 spiro atoms. The molecule has 1 aliphatic heterocycles. The number of nitrogens with zero attached hydrogens (tertiary/aromatic N) is 4. The van der Waals surface area contributed by atoms with Crippen LogP contribution in [0.25, 0.3) is 11.1 Å². The van der Waals surface area contributed by atoms with Gasteiger partial charge in [-0.3, -0.25) is 19.2 Å². The highest BCUT2D eigenvalue weighted by atomic mass is 19.4. The molecule has 0 saturated carbocycles. The number of benzene rings is 2. The van der Waals surface area contributed by atoms with E-state index in [1.54, 1.807) is 30.1 Å². The van der Waals surface area contributed by atoms with E-state index in [-0.39, 0.29) is 12.0 Å². The largest absolute Gasteiger partial charge is 0.408 e. The van der Waals surface area contributed by atoms with Crippen molar-refractivity contribution in [1.29, 1.82) is 0 Å². The van der Waals surface area contributed by atoms with Gasteiger partial charge in [-0.15, -0.1) is 0 Å². The molecule has 1 aliphatic carbocycles.